The highest BCUT2D eigenvalue weighted by Crippen LogP contribution is 2.55. The molecular formula is C100H120B6N12O24S6. The van der Waals surface area contributed by atoms with Crippen molar-refractivity contribution in [2.75, 3.05) is 28.8 Å². The minimum absolute atomic E-state index is 0.00892. The number of hydrogen-bond donors (Lipinski definition) is 12. The van der Waals surface area contributed by atoms with E-state index in [1.807, 2.05) is 32.9 Å². The van der Waals surface area contributed by atoms with Crippen molar-refractivity contribution >= 4 is 173 Å². The Bertz CT molecular complexity index is 6920. The number of allylic oxidation sites excluding steroid dienone is 12. The van der Waals surface area contributed by atoms with Crippen LogP contribution in [0.2, 0.25) is 0 Å². The van der Waals surface area contributed by atoms with E-state index in [-0.39, 0.29) is 106 Å². The van der Waals surface area contributed by atoms with Gasteiger partial charge in [-0.1, -0.05) is 93.7 Å². The zero-order chi connectivity index (χ0) is 104. The predicted octanol–water partition coefficient (Wildman–Crippen LogP) is 8.30. The van der Waals surface area contributed by atoms with E-state index in [0.29, 0.717) is 53.8 Å². The van der Waals surface area contributed by atoms with Crippen molar-refractivity contribution in [3.8, 4) is 34.5 Å². The Morgan fingerprint density at radius 2 is 0.446 bits per heavy atom. The first-order chi connectivity index (χ1) is 70.8. The van der Waals surface area contributed by atoms with Gasteiger partial charge < -0.3 is 58.1 Å². The third kappa shape index (κ3) is 23.0. The Labute approximate surface area is 866 Å². The van der Waals surface area contributed by atoms with Crippen molar-refractivity contribution < 1.29 is 109 Å². The van der Waals surface area contributed by atoms with E-state index in [0.717, 1.165) is 263 Å². The van der Waals surface area contributed by atoms with Crippen LogP contribution < -0.4 is 56.3 Å². The lowest BCUT2D eigenvalue weighted by Crippen LogP contribution is -2.46. The molecule has 12 heterocycles. The van der Waals surface area contributed by atoms with Crippen molar-refractivity contribution in [2.24, 2.45) is 35.5 Å². The topological polar surface area (TPSA) is 531 Å². The maximum atomic E-state index is 12.1. The Hall–Kier alpha value is -9.81. The van der Waals surface area contributed by atoms with Gasteiger partial charge in [-0.25, -0.2) is 78.8 Å². The molecular weight excluding hydrogens is 2010 g/mol. The molecule has 0 atom stereocenters. The molecule has 6 aromatic heterocycles. The zero-order valence-electron chi connectivity index (χ0n) is 82.8. The van der Waals surface area contributed by atoms with Crippen molar-refractivity contribution in [2.45, 2.75) is 224 Å². The van der Waals surface area contributed by atoms with Crippen molar-refractivity contribution in [1.29, 1.82) is 0 Å². The molecule has 7 saturated carbocycles. The molecule has 19 aliphatic rings. The quantitative estimate of drug-likeness (QED) is 0.0216. The summed E-state index contributed by atoms with van der Waals surface area (Å²) in [5, 5.41) is 59.8. The molecule has 12 N–H and O–H groups in total. The smallest absolute Gasteiger partial charge is 0.531 e. The monoisotopic (exact) mass is 2130 g/mol. The molecule has 0 aromatic carbocycles. The largest absolute Gasteiger partial charge is 0.552 e. The molecule has 7 fully saturated rings. The van der Waals surface area contributed by atoms with Gasteiger partial charge in [-0.15, -0.1) is 0 Å². The van der Waals surface area contributed by atoms with Crippen molar-refractivity contribution in [3.63, 3.8) is 0 Å². The Kier molecular flexibility index (Phi) is 30.6. The average molecular weight is 2130 g/mol. The van der Waals surface area contributed by atoms with Crippen LogP contribution in [0.15, 0.2) is 109 Å². The van der Waals surface area contributed by atoms with Gasteiger partial charge in [0.25, 0.3) is 0 Å². The fourth-order valence-corrected chi connectivity index (χ4v) is 30.2. The number of nitrogens with one attached hydrogen (secondary N) is 6. The van der Waals surface area contributed by atoms with E-state index in [9.17, 15) is 80.7 Å². The van der Waals surface area contributed by atoms with E-state index in [2.05, 4.69) is 119 Å². The fourth-order valence-electron chi connectivity index (χ4n) is 22.8. The maximum absolute atomic E-state index is 12.1. The van der Waals surface area contributed by atoms with Gasteiger partial charge in [0.05, 0.1) is 105 Å². The minimum Gasteiger partial charge on any atom is -0.531 e. The second-order valence-corrected chi connectivity index (χ2v) is 52.7. The second kappa shape index (κ2) is 43.0. The average Bonchev–Trinajstić information content (AvgIpc) is 1.51. The van der Waals surface area contributed by atoms with Crippen LogP contribution in [0.3, 0.4) is 0 Å². The summed E-state index contributed by atoms with van der Waals surface area (Å²) < 4.78 is 192. The molecule has 778 valence electrons. The Balaban J connectivity index is 0.000000108. The predicted molar refractivity (Wildman–Crippen MR) is 572 cm³/mol. The number of hydrogen-bond acceptors (Lipinski definition) is 30. The first kappa shape index (κ1) is 105. The lowest BCUT2D eigenvalue weighted by molar-refractivity contribution is 0.308. The van der Waals surface area contributed by atoms with Gasteiger partial charge >= 0.3 is 42.7 Å². The summed E-state index contributed by atoms with van der Waals surface area (Å²) >= 11 is 0. The summed E-state index contributed by atoms with van der Waals surface area (Å²) in [5.41, 5.74) is 24.8. The third-order valence-corrected chi connectivity index (χ3v) is 40.2. The normalized spacial score (nSPS) is 24.9. The van der Waals surface area contributed by atoms with Gasteiger partial charge in [-0.05, 0) is 228 Å². The third-order valence-electron chi connectivity index (χ3n) is 30.4. The maximum Gasteiger partial charge on any atom is 0.552 e. The first-order valence-electron chi connectivity index (χ1n) is 51.4. The van der Waals surface area contributed by atoms with Gasteiger partial charge in [-0.3, -0.25) is 29.9 Å². The molecule has 6 aromatic rings. The number of pyridine rings is 6. The molecule has 48 heteroatoms. The van der Waals surface area contributed by atoms with Crippen LogP contribution in [-0.2, 0) is 98.7 Å². The molecule has 0 radical (unpaired) electrons. The van der Waals surface area contributed by atoms with Gasteiger partial charge in [-0.2, -0.15) is 0 Å². The van der Waals surface area contributed by atoms with Gasteiger partial charge in [0.2, 0.25) is 60.1 Å². The zero-order valence-corrected chi connectivity index (χ0v) is 87.7. The second-order valence-electron chi connectivity index (χ2n) is 41.0. The summed E-state index contributed by atoms with van der Waals surface area (Å²) in [6.45, 7) is 8.84. The molecule has 36 nitrogen and oxygen atoms in total. The summed E-state index contributed by atoms with van der Waals surface area (Å²) in [7, 11) is -25.0. The van der Waals surface area contributed by atoms with E-state index in [1.165, 1.54) is 0 Å². The van der Waals surface area contributed by atoms with Crippen LogP contribution >= 0.6 is 0 Å². The summed E-state index contributed by atoms with van der Waals surface area (Å²) in [6, 6.07) is -0.168. The lowest BCUT2D eigenvalue weighted by atomic mass is 9.68. The first-order valence-corrected chi connectivity index (χ1v) is 61.2. The number of sulfonamides is 6. The molecule has 148 heavy (non-hydrogen) atoms. The molecule has 0 spiro atoms. The molecule has 0 bridgehead atoms. The Morgan fingerprint density at radius 1 is 0.270 bits per heavy atom. The number of rotatable bonds is 27. The Morgan fingerprint density at radius 3 is 0.615 bits per heavy atom. The van der Waals surface area contributed by atoms with Crippen LogP contribution in [-0.4, -0.2) is 224 Å². The molecule has 25 rings (SSSR count). The highest BCUT2D eigenvalue weighted by Gasteiger charge is 2.49. The van der Waals surface area contributed by atoms with Crippen molar-refractivity contribution in [1.82, 2.24) is 58.2 Å². The number of nitrogens with zero attached hydrogens (tertiary/aromatic N) is 6. The summed E-state index contributed by atoms with van der Waals surface area (Å²) in [4.78, 5) is 26.5. The highest BCUT2D eigenvalue weighted by atomic mass is 32.2. The lowest BCUT2D eigenvalue weighted by Gasteiger charge is -2.39. The SMILES string of the molecule is CCCS(=O)(=O)NC1CC(C2=CB(O)Oc3cnc4c(c32)C=CC4)C1.CCCS(=O)(=O)NC1CC(C2=CB(O)Oc3cnc4c(c32)C=CC4)C1.CCCS(=O)(=O)NC1CC(C2=CB(O)Oc3cnc4c(c32)C=CC4)C1.CCS(=O)(=O)NC1CC(C2=CB(O)Oc3cnc4c(c32)C=CC4)C1.CCS(=O)(=O)NC1CC(C2=CB(O)Oc3cnc4c(c32)C=CC4)C1.O=S(=O)(NC1CC(C2=CB(O)Oc3cnc4c(c32)C=CC4)C1)C1CC1. The van der Waals surface area contributed by atoms with Gasteiger partial charge in [0.15, 0.2) is 0 Å². The van der Waals surface area contributed by atoms with E-state index < -0.39 is 103 Å². The van der Waals surface area contributed by atoms with Crippen LogP contribution in [0, 0.1) is 35.5 Å². The molecule has 0 saturated heterocycles. The minimum atomic E-state index is -3.19. The molecule has 13 aliphatic carbocycles. The van der Waals surface area contributed by atoms with Crippen molar-refractivity contribution in [3.05, 3.63) is 210 Å². The van der Waals surface area contributed by atoms with E-state index in [4.69, 9.17) is 27.9 Å². The standard InChI is InChI=1S/C17H19BN2O4S.3C17H21BN2O4S.2C16H19BN2O4S/c21-18-8-14(10-6-11(7-10)20-25(22,23)12-4-5-12)17-13-2-1-3-15(13)19-9-16(17)24-18;3*1-2-6-25(22,23)20-12-7-11(8-12)14-9-18(21)24-16-10-19-15-5-3-4-13(15)17(14)16;2*1-2-24(21,22)19-11-6-10(7-11)13-8-17(20)23-15-9-18-14-5-3-4-12(14)16(13)15/h1-2,8-12,20-21H,3-7H2;3*3-4,9-12,20-21H,2,5-8H2,1H3;2*3-4,8-11,19-20H,2,5-7H2,1H3. The molecule has 0 amide bonds. The highest BCUT2D eigenvalue weighted by molar-refractivity contribution is 7.91. The van der Waals surface area contributed by atoms with E-state index in [1.54, 1.807) is 86.9 Å². The summed E-state index contributed by atoms with van der Waals surface area (Å²) in [6.07, 6.45) is 51.9. The van der Waals surface area contributed by atoms with Crippen LogP contribution in [0.4, 0.5) is 0 Å². The fraction of sp³-hybridized carbons (Fsp3) is 0.460. The number of fused-ring (bicyclic) bond motifs is 18. The van der Waals surface area contributed by atoms with E-state index >= 15 is 0 Å². The van der Waals surface area contributed by atoms with Gasteiger partial charge in [0.1, 0.15) is 34.5 Å². The van der Waals surface area contributed by atoms with Crippen LogP contribution in [0.5, 0.6) is 34.5 Å². The van der Waals surface area contributed by atoms with Gasteiger partial charge in [0, 0.05) is 142 Å². The summed E-state index contributed by atoms with van der Waals surface area (Å²) in [5.74, 6) is 16.1. The van der Waals surface area contributed by atoms with Crippen LogP contribution in [0.1, 0.15) is 245 Å². The number of aromatic nitrogens is 6. The molecule has 6 aliphatic heterocycles. The van der Waals surface area contributed by atoms with Crippen LogP contribution in [0.25, 0.3) is 69.9 Å². The molecule has 0 unspecified atom stereocenters.